The number of halogens is 2. The number of aliphatic hydroxyl groups excluding tert-OH is 1. The second-order valence-electron chi connectivity index (χ2n) is 2.88. The summed E-state index contributed by atoms with van der Waals surface area (Å²) in [5.74, 6) is 0. The maximum Gasteiger partial charge on any atom is 0.0585 e. The Morgan fingerprint density at radius 1 is 1.38 bits per heavy atom. The smallest absolute Gasteiger partial charge is 0.0585 e. The van der Waals surface area contributed by atoms with Gasteiger partial charge in [0, 0.05) is 16.1 Å². The highest BCUT2D eigenvalue weighted by atomic mass is 35.5. The highest BCUT2D eigenvalue weighted by Crippen LogP contribution is 2.21. The van der Waals surface area contributed by atoms with Crippen molar-refractivity contribution in [3.8, 4) is 0 Å². The summed E-state index contributed by atoms with van der Waals surface area (Å²) in [5, 5.41) is 10.0. The van der Waals surface area contributed by atoms with Gasteiger partial charge in [-0.2, -0.15) is 0 Å². The maximum absolute atomic E-state index is 8.76. The monoisotopic (exact) mass is 219 g/mol. The van der Waals surface area contributed by atoms with Crippen molar-refractivity contribution in [1.29, 1.82) is 0 Å². The number of rotatable bonds is 3. The van der Waals surface area contributed by atoms with E-state index in [1.54, 1.807) is 18.2 Å². The molecule has 0 spiro atoms. The van der Waals surface area contributed by atoms with E-state index < -0.39 is 0 Å². The van der Waals surface area contributed by atoms with E-state index in [9.17, 15) is 0 Å². The van der Waals surface area contributed by atoms with Crippen molar-refractivity contribution in [2.75, 3.05) is 6.61 Å². The first-order valence-electron chi connectivity index (χ1n) is 3.94. The second-order valence-corrected chi connectivity index (χ2v) is 3.73. The Bertz CT molecular complexity index is 291. The predicted molar refractivity (Wildman–Crippen MR) is 55.2 cm³/mol. The molecule has 3 N–H and O–H groups in total. The molecule has 72 valence electrons. The molecule has 1 atom stereocenters. The van der Waals surface area contributed by atoms with Crippen LogP contribution in [-0.2, 0) is 6.42 Å². The summed E-state index contributed by atoms with van der Waals surface area (Å²) in [5.41, 5.74) is 6.44. The van der Waals surface area contributed by atoms with Gasteiger partial charge in [0.15, 0.2) is 0 Å². The quantitative estimate of drug-likeness (QED) is 0.816. The van der Waals surface area contributed by atoms with Crippen LogP contribution in [0.5, 0.6) is 0 Å². The Balaban J connectivity index is 2.81. The molecule has 1 aromatic rings. The van der Waals surface area contributed by atoms with E-state index in [0.29, 0.717) is 16.5 Å². The molecule has 0 saturated carbocycles. The van der Waals surface area contributed by atoms with Gasteiger partial charge >= 0.3 is 0 Å². The first-order valence-corrected chi connectivity index (χ1v) is 4.69. The minimum Gasteiger partial charge on any atom is -0.395 e. The summed E-state index contributed by atoms with van der Waals surface area (Å²) in [6, 6.07) is 4.93. The minimum atomic E-state index is -0.282. The van der Waals surface area contributed by atoms with Crippen LogP contribution in [0.15, 0.2) is 18.2 Å². The zero-order chi connectivity index (χ0) is 9.84. The van der Waals surface area contributed by atoms with Crippen LogP contribution in [0.2, 0.25) is 10.0 Å². The Morgan fingerprint density at radius 3 is 2.69 bits per heavy atom. The molecule has 0 aliphatic carbocycles. The average molecular weight is 220 g/mol. The third-order valence-electron chi connectivity index (χ3n) is 1.72. The van der Waals surface area contributed by atoms with E-state index >= 15 is 0 Å². The van der Waals surface area contributed by atoms with Gasteiger partial charge in [-0.05, 0) is 30.2 Å². The van der Waals surface area contributed by atoms with Crippen molar-refractivity contribution in [2.45, 2.75) is 12.5 Å². The van der Waals surface area contributed by atoms with Gasteiger partial charge in [0.05, 0.1) is 6.61 Å². The van der Waals surface area contributed by atoms with Crippen LogP contribution in [0.3, 0.4) is 0 Å². The van der Waals surface area contributed by atoms with E-state index in [1.165, 1.54) is 0 Å². The molecule has 0 aromatic heterocycles. The van der Waals surface area contributed by atoms with E-state index in [1.807, 2.05) is 0 Å². The average Bonchev–Trinajstić information content (AvgIpc) is 2.11. The number of aliphatic hydroxyl groups is 1. The number of hydrogen-bond acceptors (Lipinski definition) is 2. The van der Waals surface area contributed by atoms with E-state index in [-0.39, 0.29) is 12.6 Å². The first kappa shape index (κ1) is 10.8. The lowest BCUT2D eigenvalue weighted by molar-refractivity contribution is 0.265. The summed E-state index contributed by atoms with van der Waals surface area (Å²) in [4.78, 5) is 0. The van der Waals surface area contributed by atoms with Gasteiger partial charge in [0.1, 0.15) is 0 Å². The van der Waals surface area contributed by atoms with Gasteiger partial charge in [-0.3, -0.25) is 0 Å². The summed E-state index contributed by atoms with van der Waals surface area (Å²) >= 11 is 11.7. The fourth-order valence-electron chi connectivity index (χ4n) is 1.05. The Labute approximate surface area is 87.3 Å². The largest absolute Gasteiger partial charge is 0.395 e. The van der Waals surface area contributed by atoms with Crippen LogP contribution in [0, 0.1) is 0 Å². The lowest BCUT2D eigenvalue weighted by Crippen LogP contribution is -2.26. The third-order valence-corrected chi connectivity index (χ3v) is 2.33. The van der Waals surface area contributed by atoms with Gasteiger partial charge in [-0.1, -0.05) is 23.2 Å². The summed E-state index contributed by atoms with van der Waals surface area (Å²) < 4.78 is 0. The van der Waals surface area contributed by atoms with Crippen molar-refractivity contribution in [2.24, 2.45) is 5.73 Å². The summed E-state index contributed by atoms with van der Waals surface area (Å²) in [7, 11) is 0. The van der Waals surface area contributed by atoms with Crippen LogP contribution in [0.1, 0.15) is 5.56 Å². The first-order chi connectivity index (χ1) is 6.13. The molecule has 1 rings (SSSR count). The molecular weight excluding hydrogens is 209 g/mol. The fourth-order valence-corrected chi connectivity index (χ4v) is 1.44. The molecule has 4 heteroatoms. The Morgan fingerprint density at radius 2 is 2.08 bits per heavy atom. The van der Waals surface area contributed by atoms with Crippen LogP contribution >= 0.6 is 23.2 Å². The second kappa shape index (κ2) is 4.82. The van der Waals surface area contributed by atoms with Gasteiger partial charge in [0.25, 0.3) is 0 Å². The lowest BCUT2D eigenvalue weighted by Gasteiger charge is -2.09. The normalized spacial score (nSPS) is 12.9. The Hall–Kier alpha value is -0.280. The van der Waals surface area contributed by atoms with E-state index in [2.05, 4.69) is 0 Å². The van der Waals surface area contributed by atoms with Gasteiger partial charge < -0.3 is 10.8 Å². The van der Waals surface area contributed by atoms with Crippen LogP contribution in [0.4, 0.5) is 0 Å². The molecule has 0 saturated heterocycles. The van der Waals surface area contributed by atoms with E-state index in [4.69, 9.17) is 34.0 Å². The molecule has 0 amide bonds. The summed E-state index contributed by atoms with van der Waals surface area (Å²) in [6.07, 6.45) is 0.538. The minimum absolute atomic E-state index is 0.0527. The predicted octanol–water partition coefficient (Wildman–Crippen LogP) is 1.86. The molecule has 0 radical (unpaired) electrons. The van der Waals surface area contributed by atoms with Crippen molar-refractivity contribution in [3.05, 3.63) is 33.8 Å². The Kier molecular flexibility index (Phi) is 4.00. The van der Waals surface area contributed by atoms with Crippen molar-refractivity contribution in [3.63, 3.8) is 0 Å². The fraction of sp³-hybridized carbons (Fsp3) is 0.333. The molecular formula is C9H11Cl2NO. The van der Waals surface area contributed by atoms with Gasteiger partial charge in [-0.15, -0.1) is 0 Å². The maximum atomic E-state index is 8.76. The standard InChI is InChI=1S/C9H11Cl2NO/c10-7-1-2-9(11)6(3-7)4-8(12)5-13/h1-3,8,13H,4-5,12H2/t8-/m0/s1. The highest BCUT2D eigenvalue weighted by molar-refractivity contribution is 6.33. The SMILES string of the molecule is N[C@H](CO)Cc1cc(Cl)ccc1Cl. The molecule has 2 nitrogen and oxygen atoms in total. The number of nitrogens with two attached hydrogens (primary N) is 1. The zero-order valence-corrected chi connectivity index (χ0v) is 8.52. The molecule has 0 aliphatic rings. The lowest BCUT2D eigenvalue weighted by atomic mass is 10.1. The molecule has 0 unspecified atom stereocenters. The molecule has 1 aromatic carbocycles. The molecule has 0 fully saturated rings. The molecule has 13 heavy (non-hydrogen) atoms. The molecule has 0 aliphatic heterocycles. The van der Waals surface area contributed by atoms with Crippen molar-refractivity contribution >= 4 is 23.2 Å². The van der Waals surface area contributed by atoms with Crippen LogP contribution in [0.25, 0.3) is 0 Å². The summed E-state index contributed by atoms with van der Waals surface area (Å²) in [6.45, 7) is -0.0527. The number of benzene rings is 1. The van der Waals surface area contributed by atoms with Crippen LogP contribution in [-0.4, -0.2) is 17.8 Å². The van der Waals surface area contributed by atoms with Gasteiger partial charge in [-0.25, -0.2) is 0 Å². The third kappa shape index (κ3) is 3.16. The van der Waals surface area contributed by atoms with E-state index in [0.717, 1.165) is 5.56 Å². The van der Waals surface area contributed by atoms with Crippen molar-refractivity contribution < 1.29 is 5.11 Å². The molecule has 0 bridgehead atoms. The highest BCUT2D eigenvalue weighted by Gasteiger charge is 2.06. The topological polar surface area (TPSA) is 46.2 Å². The molecule has 0 heterocycles. The van der Waals surface area contributed by atoms with Crippen molar-refractivity contribution in [1.82, 2.24) is 0 Å². The van der Waals surface area contributed by atoms with Crippen LogP contribution < -0.4 is 5.73 Å². The van der Waals surface area contributed by atoms with Gasteiger partial charge in [0.2, 0.25) is 0 Å². The zero-order valence-electron chi connectivity index (χ0n) is 7.00. The number of hydrogen-bond donors (Lipinski definition) is 2.